The van der Waals surface area contributed by atoms with Crippen LogP contribution in [0, 0.1) is 13.8 Å². The number of hydrogen-bond donors (Lipinski definition) is 0. The van der Waals surface area contributed by atoms with E-state index in [1.165, 1.54) is 4.68 Å². The summed E-state index contributed by atoms with van der Waals surface area (Å²) in [6.45, 7) is 10.7. The Morgan fingerprint density at radius 2 is 1.78 bits per heavy atom. The quantitative estimate of drug-likeness (QED) is 0.274. The number of rotatable bonds is 8. The van der Waals surface area contributed by atoms with Crippen molar-refractivity contribution in [2.75, 3.05) is 20.8 Å². The molecule has 3 aromatic carbocycles. The average Bonchev–Trinajstić information content (AvgIpc) is 2.88. The number of para-hydroxylation sites is 1. The molecular formula is C30H33N3O4. The standard InChI is InChI=1S/C30H33N3O4/c1-8-37-27-15-19(4)24(16-23(27)18(2)3)29-32-25-12-10-9-11-22(25)30(34)33(29)31-17-21-13-14-26(35-6)20(5)28(21)36-7/h9-18H,8H2,1-7H3. The molecule has 0 aliphatic carbocycles. The molecule has 0 atom stereocenters. The maximum Gasteiger partial charge on any atom is 0.282 e. The van der Waals surface area contributed by atoms with E-state index in [0.29, 0.717) is 34.8 Å². The Morgan fingerprint density at radius 3 is 2.46 bits per heavy atom. The third-order valence-corrected chi connectivity index (χ3v) is 6.40. The van der Waals surface area contributed by atoms with E-state index in [1.807, 2.05) is 57.2 Å². The van der Waals surface area contributed by atoms with Gasteiger partial charge in [-0.2, -0.15) is 9.78 Å². The van der Waals surface area contributed by atoms with Gasteiger partial charge in [0.2, 0.25) is 0 Å². The van der Waals surface area contributed by atoms with Crippen molar-refractivity contribution in [3.8, 4) is 28.6 Å². The Balaban J connectivity index is 1.98. The number of benzene rings is 3. The van der Waals surface area contributed by atoms with Crippen LogP contribution < -0.4 is 19.8 Å². The minimum atomic E-state index is -0.250. The number of aryl methyl sites for hydroxylation is 1. The zero-order valence-electron chi connectivity index (χ0n) is 22.5. The normalized spacial score (nSPS) is 11.5. The first-order valence-corrected chi connectivity index (χ1v) is 12.4. The van der Waals surface area contributed by atoms with Crippen LogP contribution >= 0.6 is 0 Å². The molecule has 1 aromatic heterocycles. The highest BCUT2D eigenvalue weighted by molar-refractivity contribution is 5.86. The van der Waals surface area contributed by atoms with Crippen molar-refractivity contribution in [3.63, 3.8) is 0 Å². The number of nitrogens with zero attached hydrogens (tertiary/aromatic N) is 3. The second-order valence-corrected chi connectivity index (χ2v) is 9.12. The van der Waals surface area contributed by atoms with Gasteiger partial charge in [0, 0.05) is 16.7 Å². The van der Waals surface area contributed by atoms with Gasteiger partial charge < -0.3 is 14.2 Å². The number of aromatic nitrogens is 2. The Kier molecular flexibility index (Phi) is 7.62. The van der Waals surface area contributed by atoms with Crippen LogP contribution in [-0.2, 0) is 0 Å². The molecule has 4 aromatic rings. The first-order chi connectivity index (χ1) is 17.8. The smallest absolute Gasteiger partial charge is 0.282 e. The number of methoxy groups -OCH3 is 2. The van der Waals surface area contributed by atoms with Crippen molar-refractivity contribution in [2.45, 2.75) is 40.5 Å². The second kappa shape index (κ2) is 10.9. The maximum absolute atomic E-state index is 13.7. The van der Waals surface area contributed by atoms with Gasteiger partial charge in [-0.15, -0.1) is 0 Å². The molecule has 0 unspecified atom stereocenters. The predicted molar refractivity (Wildman–Crippen MR) is 149 cm³/mol. The second-order valence-electron chi connectivity index (χ2n) is 9.12. The lowest BCUT2D eigenvalue weighted by atomic mass is 9.96. The third-order valence-electron chi connectivity index (χ3n) is 6.40. The molecule has 7 nitrogen and oxygen atoms in total. The molecule has 0 aliphatic rings. The minimum absolute atomic E-state index is 0.219. The van der Waals surface area contributed by atoms with Crippen molar-refractivity contribution in [3.05, 3.63) is 81.1 Å². The highest BCUT2D eigenvalue weighted by Crippen LogP contribution is 2.34. The zero-order chi connectivity index (χ0) is 26.7. The highest BCUT2D eigenvalue weighted by atomic mass is 16.5. The van der Waals surface area contributed by atoms with Crippen LogP contribution in [0.2, 0.25) is 0 Å². The monoisotopic (exact) mass is 499 g/mol. The fourth-order valence-corrected chi connectivity index (χ4v) is 4.48. The van der Waals surface area contributed by atoms with E-state index in [-0.39, 0.29) is 11.5 Å². The van der Waals surface area contributed by atoms with Gasteiger partial charge >= 0.3 is 0 Å². The summed E-state index contributed by atoms with van der Waals surface area (Å²) in [4.78, 5) is 18.6. The molecule has 0 radical (unpaired) electrons. The Morgan fingerprint density at radius 1 is 1.03 bits per heavy atom. The summed E-state index contributed by atoms with van der Waals surface area (Å²) in [5, 5.41) is 5.14. The van der Waals surface area contributed by atoms with E-state index in [9.17, 15) is 4.79 Å². The van der Waals surface area contributed by atoms with Crippen molar-refractivity contribution in [2.24, 2.45) is 5.10 Å². The Bertz CT molecular complexity index is 1540. The van der Waals surface area contributed by atoms with Gasteiger partial charge in [0.25, 0.3) is 5.56 Å². The SMILES string of the molecule is CCOc1cc(C)c(-c2nc3ccccc3c(=O)n2N=Cc2ccc(OC)c(C)c2OC)cc1C(C)C. The number of fused-ring (bicyclic) bond motifs is 1. The van der Waals surface area contributed by atoms with Crippen LogP contribution in [-0.4, -0.2) is 36.7 Å². The molecule has 0 N–H and O–H groups in total. The average molecular weight is 500 g/mol. The van der Waals surface area contributed by atoms with Crippen LogP contribution in [0.5, 0.6) is 17.2 Å². The van der Waals surface area contributed by atoms with Crippen molar-refractivity contribution < 1.29 is 14.2 Å². The molecule has 0 aliphatic heterocycles. The minimum Gasteiger partial charge on any atom is -0.496 e. The molecule has 192 valence electrons. The summed E-state index contributed by atoms with van der Waals surface area (Å²) in [6.07, 6.45) is 1.62. The molecule has 37 heavy (non-hydrogen) atoms. The molecule has 0 spiro atoms. The Hall–Kier alpha value is -4.13. The van der Waals surface area contributed by atoms with Gasteiger partial charge in [-0.1, -0.05) is 26.0 Å². The van der Waals surface area contributed by atoms with Crippen molar-refractivity contribution >= 4 is 17.1 Å². The van der Waals surface area contributed by atoms with Gasteiger partial charge in [-0.05, 0) is 74.2 Å². The fraction of sp³-hybridized carbons (Fsp3) is 0.300. The third kappa shape index (κ3) is 4.94. The Labute approximate surface area is 217 Å². The summed E-state index contributed by atoms with van der Waals surface area (Å²) in [7, 11) is 3.22. The molecule has 0 amide bonds. The summed E-state index contributed by atoms with van der Waals surface area (Å²) < 4.78 is 18.3. The van der Waals surface area contributed by atoms with Crippen LogP contribution in [0.3, 0.4) is 0 Å². The molecule has 1 heterocycles. The first-order valence-electron chi connectivity index (χ1n) is 12.4. The zero-order valence-corrected chi connectivity index (χ0v) is 22.5. The first kappa shape index (κ1) is 25.9. The molecule has 0 saturated carbocycles. The predicted octanol–water partition coefficient (Wildman–Crippen LogP) is 6.10. The molecule has 0 saturated heterocycles. The molecule has 4 rings (SSSR count). The summed E-state index contributed by atoms with van der Waals surface area (Å²) in [5.74, 6) is 2.87. The lowest BCUT2D eigenvalue weighted by Crippen LogP contribution is -2.21. The maximum atomic E-state index is 13.7. The van der Waals surface area contributed by atoms with E-state index < -0.39 is 0 Å². The van der Waals surface area contributed by atoms with Crippen molar-refractivity contribution in [1.82, 2.24) is 9.66 Å². The summed E-state index contributed by atoms with van der Waals surface area (Å²) in [5.41, 5.74) is 4.75. The number of hydrogen-bond acceptors (Lipinski definition) is 6. The van der Waals surface area contributed by atoms with Gasteiger partial charge in [0.05, 0.1) is 37.9 Å². The lowest BCUT2D eigenvalue weighted by Gasteiger charge is -2.18. The van der Waals surface area contributed by atoms with Crippen LogP contribution in [0.15, 0.2) is 58.4 Å². The van der Waals surface area contributed by atoms with E-state index >= 15 is 0 Å². The number of ether oxygens (including phenoxy) is 3. The van der Waals surface area contributed by atoms with Gasteiger partial charge in [0.15, 0.2) is 5.82 Å². The lowest BCUT2D eigenvalue weighted by molar-refractivity contribution is 0.335. The van der Waals surface area contributed by atoms with Gasteiger partial charge in [-0.25, -0.2) is 4.98 Å². The largest absolute Gasteiger partial charge is 0.496 e. The van der Waals surface area contributed by atoms with Gasteiger partial charge in [-0.3, -0.25) is 4.79 Å². The molecule has 0 fully saturated rings. The molecule has 7 heteroatoms. The van der Waals surface area contributed by atoms with E-state index in [2.05, 4.69) is 25.0 Å². The van der Waals surface area contributed by atoms with Crippen LogP contribution in [0.1, 0.15) is 48.9 Å². The topological polar surface area (TPSA) is 74.9 Å². The van der Waals surface area contributed by atoms with E-state index in [0.717, 1.165) is 33.6 Å². The van der Waals surface area contributed by atoms with Crippen LogP contribution in [0.25, 0.3) is 22.3 Å². The highest BCUT2D eigenvalue weighted by Gasteiger charge is 2.19. The van der Waals surface area contributed by atoms with Gasteiger partial charge in [0.1, 0.15) is 17.2 Å². The molecule has 0 bridgehead atoms. The van der Waals surface area contributed by atoms with Crippen LogP contribution in [0.4, 0.5) is 0 Å². The summed E-state index contributed by atoms with van der Waals surface area (Å²) in [6, 6.07) is 15.1. The van der Waals surface area contributed by atoms with E-state index in [1.54, 1.807) is 26.5 Å². The van der Waals surface area contributed by atoms with E-state index in [4.69, 9.17) is 19.2 Å². The summed E-state index contributed by atoms with van der Waals surface area (Å²) >= 11 is 0. The molecular weight excluding hydrogens is 466 g/mol. The fourth-order valence-electron chi connectivity index (χ4n) is 4.48. The van der Waals surface area contributed by atoms with Crippen molar-refractivity contribution in [1.29, 1.82) is 0 Å².